The summed E-state index contributed by atoms with van der Waals surface area (Å²) < 4.78 is 6.35. The number of thioether (sulfide) groups is 1. The van der Waals surface area contributed by atoms with Gasteiger partial charge in [0.15, 0.2) is 5.16 Å². The van der Waals surface area contributed by atoms with Crippen LogP contribution in [0.25, 0.3) is 10.9 Å². The molecule has 1 saturated carbocycles. The Morgan fingerprint density at radius 2 is 2.20 bits per heavy atom. The van der Waals surface area contributed by atoms with Gasteiger partial charge in [-0.2, -0.15) is 0 Å². The lowest BCUT2D eigenvalue weighted by molar-refractivity contribution is -0.137. The van der Waals surface area contributed by atoms with Gasteiger partial charge in [-0.25, -0.2) is 4.98 Å². The molecule has 3 rings (SSSR count). The van der Waals surface area contributed by atoms with Crippen LogP contribution in [-0.4, -0.2) is 28.4 Å². The lowest BCUT2D eigenvalue weighted by atomic mass is 10.2. The average molecular weight is 290 g/mol. The van der Waals surface area contributed by atoms with E-state index in [1.54, 1.807) is 10.6 Å². The number of aromatic nitrogens is 2. The third-order valence-electron chi connectivity index (χ3n) is 3.23. The second kappa shape index (κ2) is 5.28. The summed E-state index contributed by atoms with van der Waals surface area (Å²) in [7, 11) is 1.35. The second-order valence-electron chi connectivity index (χ2n) is 4.68. The van der Waals surface area contributed by atoms with Crippen molar-refractivity contribution in [1.29, 1.82) is 0 Å². The van der Waals surface area contributed by atoms with Crippen molar-refractivity contribution in [3.63, 3.8) is 0 Å². The van der Waals surface area contributed by atoms with E-state index in [-0.39, 0.29) is 23.3 Å². The van der Waals surface area contributed by atoms with Crippen LogP contribution in [0.1, 0.15) is 18.9 Å². The van der Waals surface area contributed by atoms with Gasteiger partial charge in [-0.05, 0) is 25.0 Å². The predicted molar refractivity (Wildman–Crippen MR) is 77.0 cm³/mol. The second-order valence-corrected chi connectivity index (χ2v) is 5.63. The summed E-state index contributed by atoms with van der Waals surface area (Å²) >= 11 is 1.25. The molecule has 0 atom stereocenters. The SMILES string of the molecule is COC(=O)CSc1nc2ccccc2c(=O)n1C1CC1. The third kappa shape index (κ3) is 2.43. The van der Waals surface area contributed by atoms with Crippen LogP contribution in [0.15, 0.2) is 34.2 Å². The van der Waals surface area contributed by atoms with Crippen LogP contribution in [0.5, 0.6) is 0 Å². The highest BCUT2D eigenvalue weighted by molar-refractivity contribution is 7.99. The number of benzene rings is 1. The molecule has 0 saturated heterocycles. The smallest absolute Gasteiger partial charge is 0.316 e. The molecule has 104 valence electrons. The fourth-order valence-corrected chi connectivity index (χ4v) is 2.96. The Labute approximate surface area is 120 Å². The van der Waals surface area contributed by atoms with Crippen molar-refractivity contribution in [1.82, 2.24) is 9.55 Å². The summed E-state index contributed by atoms with van der Waals surface area (Å²) in [6.07, 6.45) is 1.98. The molecular formula is C14H14N2O3S. The quantitative estimate of drug-likeness (QED) is 0.489. The zero-order valence-electron chi connectivity index (χ0n) is 11.0. The number of carbonyl (C=O) groups excluding carboxylic acids is 1. The molecule has 1 fully saturated rings. The highest BCUT2D eigenvalue weighted by atomic mass is 32.2. The van der Waals surface area contributed by atoms with Crippen LogP contribution in [0.2, 0.25) is 0 Å². The van der Waals surface area contributed by atoms with Gasteiger partial charge in [0.25, 0.3) is 5.56 Å². The molecule has 0 amide bonds. The number of hydrogen-bond acceptors (Lipinski definition) is 5. The Hall–Kier alpha value is -1.82. The summed E-state index contributed by atoms with van der Waals surface area (Å²) in [6, 6.07) is 7.52. The molecule has 2 aromatic rings. The highest BCUT2D eigenvalue weighted by Crippen LogP contribution is 2.36. The van der Waals surface area contributed by atoms with Gasteiger partial charge in [-0.3, -0.25) is 14.2 Å². The van der Waals surface area contributed by atoms with Crippen LogP contribution in [-0.2, 0) is 9.53 Å². The van der Waals surface area contributed by atoms with E-state index in [9.17, 15) is 9.59 Å². The molecule has 0 N–H and O–H groups in total. The first-order valence-corrected chi connectivity index (χ1v) is 7.40. The summed E-state index contributed by atoms with van der Waals surface area (Å²) in [5.41, 5.74) is 0.646. The van der Waals surface area contributed by atoms with E-state index in [0.717, 1.165) is 12.8 Å². The molecule has 1 aliphatic carbocycles. The van der Waals surface area contributed by atoms with Crippen LogP contribution in [0.3, 0.4) is 0 Å². The number of carbonyl (C=O) groups is 1. The Morgan fingerprint density at radius 1 is 1.45 bits per heavy atom. The number of methoxy groups -OCH3 is 1. The van der Waals surface area contributed by atoms with Crippen molar-refractivity contribution in [2.24, 2.45) is 0 Å². The number of rotatable bonds is 4. The monoisotopic (exact) mass is 290 g/mol. The maximum atomic E-state index is 12.5. The number of ether oxygens (including phenoxy) is 1. The number of fused-ring (bicyclic) bond motifs is 1. The van der Waals surface area contributed by atoms with Crippen LogP contribution < -0.4 is 5.56 Å². The van der Waals surface area contributed by atoms with Crippen LogP contribution >= 0.6 is 11.8 Å². The molecule has 5 nitrogen and oxygen atoms in total. The molecule has 0 spiro atoms. The summed E-state index contributed by atoms with van der Waals surface area (Å²) in [6.45, 7) is 0. The first kappa shape index (κ1) is 13.2. The zero-order valence-corrected chi connectivity index (χ0v) is 11.9. The minimum Gasteiger partial charge on any atom is -0.468 e. The lowest BCUT2D eigenvalue weighted by Crippen LogP contribution is -2.22. The molecule has 0 aliphatic heterocycles. The van der Waals surface area contributed by atoms with Gasteiger partial charge in [-0.1, -0.05) is 23.9 Å². The number of hydrogen-bond donors (Lipinski definition) is 0. The van der Waals surface area contributed by atoms with Gasteiger partial charge in [0.05, 0.1) is 23.8 Å². The summed E-state index contributed by atoms with van der Waals surface area (Å²) in [5, 5.41) is 1.23. The minimum atomic E-state index is -0.320. The van der Waals surface area contributed by atoms with Crippen molar-refractivity contribution < 1.29 is 9.53 Å². The van der Waals surface area contributed by atoms with Gasteiger partial charge < -0.3 is 4.74 Å². The Balaban J connectivity index is 2.07. The summed E-state index contributed by atoms with van der Waals surface area (Å²) in [4.78, 5) is 28.3. The lowest BCUT2D eigenvalue weighted by Gasteiger charge is -2.11. The van der Waals surface area contributed by atoms with Crippen molar-refractivity contribution >= 4 is 28.6 Å². The third-order valence-corrected chi connectivity index (χ3v) is 4.16. The Bertz CT molecular complexity index is 722. The van der Waals surface area contributed by atoms with Gasteiger partial charge in [-0.15, -0.1) is 0 Å². The normalized spacial score (nSPS) is 14.4. The van der Waals surface area contributed by atoms with E-state index in [4.69, 9.17) is 0 Å². The van der Waals surface area contributed by atoms with Crippen molar-refractivity contribution in [3.8, 4) is 0 Å². The first-order chi connectivity index (χ1) is 9.70. The number of nitrogens with zero attached hydrogens (tertiary/aromatic N) is 2. The van der Waals surface area contributed by atoms with Crippen molar-refractivity contribution in [3.05, 3.63) is 34.6 Å². The maximum Gasteiger partial charge on any atom is 0.316 e. The van der Waals surface area contributed by atoms with E-state index in [2.05, 4.69) is 9.72 Å². The molecule has 20 heavy (non-hydrogen) atoms. The molecule has 0 radical (unpaired) electrons. The minimum absolute atomic E-state index is 0.0227. The molecule has 6 heteroatoms. The molecule has 1 aromatic carbocycles. The number of para-hydroxylation sites is 1. The first-order valence-electron chi connectivity index (χ1n) is 6.41. The fourth-order valence-electron chi connectivity index (χ4n) is 2.06. The van der Waals surface area contributed by atoms with E-state index in [1.807, 2.05) is 18.2 Å². The molecular weight excluding hydrogens is 276 g/mol. The van der Waals surface area contributed by atoms with Crippen LogP contribution in [0.4, 0.5) is 0 Å². The number of esters is 1. The van der Waals surface area contributed by atoms with Gasteiger partial charge in [0.2, 0.25) is 0 Å². The topological polar surface area (TPSA) is 61.2 Å². The molecule has 1 heterocycles. The van der Waals surface area contributed by atoms with Crippen molar-refractivity contribution in [2.75, 3.05) is 12.9 Å². The Kier molecular flexibility index (Phi) is 3.48. The molecule has 1 aromatic heterocycles. The standard InChI is InChI=1S/C14H14N2O3S/c1-19-12(17)8-20-14-15-11-5-3-2-4-10(11)13(18)16(14)9-6-7-9/h2-5,9H,6-8H2,1H3. The Morgan fingerprint density at radius 3 is 2.90 bits per heavy atom. The molecule has 0 bridgehead atoms. The van der Waals surface area contributed by atoms with Gasteiger partial charge >= 0.3 is 5.97 Å². The largest absolute Gasteiger partial charge is 0.468 e. The maximum absolute atomic E-state index is 12.5. The van der Waals surface area contributed by atoms with Crippen LogP contribution in [0, 0.1) is 0 Å². The van der Waals surface area contributed by atoms with E-state index >= 15 is 0 Å². The molecule has 0 unspecified atom stereocenters. The summed E-state index contributed by atoms with van der Waals surface area (Å²) in [5.74, 6) is -0.159. The van der Waals surface area contributed by atoms with Gasteiger partial charge in [0, 0.05) is 6.04 Å². The zero-order chi connectivity index (χ0) is 14.1. The van der Waals surface area contributed by atoms with Crippen molar-refractivity contribution in [2.45, 2.75) is 24.0 Å². The van der Waals surface area contributed by atoms with E-state index in [0.29, 0.717) is 16.1 Å². The van der Waals surface area contributed by atoms with Gasteiger partial charge in [0.1, 0.15) is 0 Å². The predicted octanol–water partition coefficient (Wildman–Crippen LogP) is 2.00. The average Bonchev–Trinajstić information content (AvgIpc) is 3.29. The van der Waals surface area contributed by atoms with E-state index < -0.39 is 0 Å². The van der Waals surface area contributed by atoms with E-state index in [1.165, 1.54) is 18.9 Å². The fraction of sp³-hybridized carbons (Fsp3) is 0.357. The highest BCUT2D eigenvalue weighted by Gasteiger charge is 2.28. The molecule has 1 aliphatic rings.